The molecule has 2 N–H and O–H groups in total. The summed E-state index contributed by atoms with van der Waals surface area (Å²) in [5, 5.41) is 28.5. The third kappa shape index (κ3) is 2.94. The smallest absolute Gasteiger partial charge is 0.328 e. The van der Waals surface area contributed by atoms with Gasteiger partial charge in [0.05, 0.1) is 12.0 Å². The summed E-state index contributed by atoms with van der Waals surface area (Å²) in [5.41, 5.74) is -0.303. The second kappa shape index (κ2) is 4.97. The van der Waals surface area contributed by atoms with Crippen molar-refractivity contribution in [2.24, 2.45) is 0 Å². The Morgan fingerprint density at radius 1 is 1.53 bits per heavy atom. The number of aliphatic carboxylic acids is 1. The van der Waals surface area contributed by atoms with E-state index in [1.807, 2.05) is 0 Å². The number of nitrogens with zero attached hydrogens (tertiary/aromatic N) is 1. The number of rotatable bonds is 4. The molecular formula is C10H9NO6. The van der Waals surface area contributed by atoms with E-state index in [1.54, 1.807) is 0 Å². The molecule has 1 rings (SSSR count). The Labute approximate surface area is 95.7 Å². The number of nitro benzene ring substituents is 1. The number of methoxy groups -OCH3 is 1. The lowest BCUT2D eigenvalue weighted by Gasteiger charge is -2.04. The first-order valence-corrected chi connectivity index (χ1v) is 4.42. The zero-order chi connectivity index (χ0) is 13.0. The molecule has 0 aliphatic heterocycles. The van der Waals surface area contributed by atoms with Gasteiger partial charge in [-0.05, 0) is 17.7 Å². The number of carboxylic acids is 1. The molecule has 0 amide bonds. The summed E-state index contributed by atoms with van der Waals surface area (Å²) in [6.07, 6.45) is 1.99. The first-order chi connectivity index (χ1) is 7.95. The van der Waals surface area contributed by atoms with Gasteiger partial charge >= 0.3 is 11.7 Å². The summed E-state index contributed by atoms with van der Waals surface area (Å²) in [4.78, 5) is 20.2. The monoisotopic (exact) mass is 239 g/mol. The molecule has 0 bridgehead atoms. The highest BCUT2D eigenvalue weighted by Gasteiger charge is 2.18. The van der Waals surface area contributed by atoms with Crippen LogP contribution < -0.4 is 4.74 Å². The molecule has 7 heteroatoms. The molecule has 0 atom stereocenters. The van der Waals surface area contributed by atoms with Gasteiger partial charge in [0.1, 0.15) is 0 Å². The minimum absolute atomic E-state index is 0.0933. The van der Waals surface area contributed by atoms with Gasteiger partial charge in [-0.25, -0.2) is 4.79 Å². The fourth-order valence-corrected chi connectivity index (χ4v) is 1.17. The van der Waals surface area contributed by atoms with Crippen LogP contribution in [0.5, 0.6) is 11.5 Å². The lowest BCUT2D eigenvalue weighted by Crippen LogP contribution is -1.93. The van der Waals surface area contributed by atoms with Crippen molar-refractivity contribution >= 4 is 17.7 Å². The Bertz CT molecular complexity index is 494. The van der Waals surface area contributed by atoms with E-state index in [1.165, 1.54) is 13.2 Å². The molecule has 1 aromatic carbocycles. The Hall–Kier alpha value is -2.57. The Morgan fingerprint density at radius 2 is 2.18 bits per heavy atom. The normalized spacial score (nSPS) is 10.4. The van der Waals surface area contributed by atoms with Crippen LogP contribution in [-0.4, -0.2) is 28.2 Å². The highest BCUT2D eigenvalue weighted by Crippen LogP contribution is 2.37. The number of hydrogen-bond acceptors (Lipinski definition) is 5. The molecule has 7 nitrogen and oxygen atoms in total. The largest absolute Gasteiger partial charge is 0.500 e. The maximum absolute atomic E-state index is 10.6. The van der Waals surface area contributed by atoms with Crippen molar-refractivity contribution in [3.8, 4) is 11.5 Å². The standard InChI is InChI=1S/C10H9NO6/c1-17-8-5-6(2-3-9(12)13)4-7(10(8)14)11(15)16/h2-5,14H,1H3,(H,12,13). The van der Waals surface area contributed by atoms with E-state index in [0.29, 0.717) is 0 Å². The third-order valence-corrected chi connectivity index (χ3v) is 1.91. The molecular weight excluding hydrogens is 230 g/mol. The number of benzene rings is 1. The van der Waals surface area contributed by atoms with Crippen LogP contribution in [0.3, 0.4) is 0 Å². The van der Waals surface area contributed by atoms with Crippen LogP contribution in [0.4, 0.5) is 5.69 Å². The van der Waals surface area contributed by atoms with Crippen LogP contribution in [-0.2, 0) is 4.79 Å². The molecule has 0 unspecified atom stereocenters. The Morgan fingerprint density at radius 3 is 2.65 bits per heavy atom. The number of phenolic OH excluding ortho intramolecular Hbond substituents is 1. The summed E-state index contributed by atoms with van der Waals surface area (Å²) in [7, 11) is 1.24. The minimum atomic E-state index is -1.18. The van der Waals surface area contributed by atoms with Crippen LogP contribution in [0.1, 0.15) is 5.56 Å². The second-order valence-electron chi connectivity index (χ2n) is 3.02. The quantitative estimate of drug-likeness (QED) is 0.467. The molecule has 90 valence electrons. The van der Waals surface area contributed by atoms with E-state index < -0.39 is 22.3 Å². The zero-order valence-electron chi connectivity index (χ0n) is 8.78. The van der Waals surface area contributed by atoms with Crippen LogP contribution in [0.15, 0.2) is 18.2 Å². The molecule has 0 fully saturated rings. The topological polar surface area (TPSA) is 110 Å². The van der Waals surface area contributed by atoms with Gasteiger partial charge in [0.25, 0.3) is 0 Å². The average Bonchev–Trinajstić information content (AvgIpc) is 2.27. The van der Waals surface area contributed by atoms with E-state index in [4.69, 9.17) is 9.84 Å². The van der Waals surface area contributed by atoms with E-state index in [9.17, 15) is 20.0 Å². The molecule has 0 heterocycles. The molecule has 0 radical (unpaired) electrons. The van der Waals surface area contributed by atoms with Gasteiger partial charge in [-0.3, -0.25) is 10.1 Å². The zero-order valence-corrected chi connectivity index (χ0v) is 8.78. The van der Waals surface area contributed by atoms with Crippen molar-refractivity contribution in [2.75, 3.05) is 7.11 Å². The van der Waals surface area contributed by atoms with Crippen molar-refractivity contribution in [2.45, 2.75) is 0 Å². The third-order valence-electron chi connectivity index (χ3n) is 1.91. The Balaban J connectivity index is 3.30. The van der Waals surface area contributed by atoms with Crippen LogP contribution in [0.2, 0.25) is 0 Å². The van der Waals surface area contributed by atoms with E-state index in [-0.39, 0.29) is 11.3 Å². The SMILES string of the molecule is COc1cc(C=CC(=O)O)cc([N+](=O)[O-])c1O. The van der Waals surface area contributed by atoms with Crippen LogP contribution >= 0.6 is 0 Å². The maximum Gasteiger partial charge on any atom is 0.328 e. The van der Waals surface area contributed by atoms with Gasteiger partial charge < -0.3 is 14.9 Å². The van der Waals surface area contributed by atoms with Crippen molar-refractivity contribution in [1.29, 1.82) is 0 Å². The van der Waals surface area contributed by atoms with Gasteiger partial charge in [-0.1, -0.05) is 0 Å². The summed E-state index contributed by atoms with van der Waals surface area (Å²) < 4.78 is 4.75. The number of nitro groups is 1. The van der Waals surface area contributed by atoms with E-state index >= 15 is 0 Å². The summed E-state index contributed by atoms with van der Waals surface area (Å²) in [5.74, 6) is -1.87. The molecule has 0 saturated carbocycles. The summed E-state index contributed by atoms with van der Waals surface area (Å²) >= 11 is 0. The van der Waals surface area contributed by atoms with Gasteiger partial charge in [-0.15, -0.1) is 0 Å². The number of carbonyl (C=O) groups is 1. The molecule has 0 aliphatic carbocycles. The number of hydrogen-bond donors (Lipinski definition) is 2. The fourth-order valence-electron chi connectivity index (χ4n) is 1.17. The van der Waals surface area contributed by atoms with Gasteiger partial charge in [0, 0.05) is 12.1 Å². The van der Waals surface area contributed by atoms with Crippen molar-refractivity contribution in [3.63, 3.8) is 0 Å². The van der Waals surface area contributed by atoms with E-state index in [2.05, 4.69) is 0 Å². The molecule has 0 spiro atoms. The van der Waals surface area contributed by atoms with Crippen molar-refractivity contribution < 1.29 is 24.7 Å². The minimum Gasteiger partial charge on any atom is -0.500 e. The summed E-state index contributed by atoms with van der Waals surface area (Å²) in [6, 6.07) is 2.35. The van der Waals surface area contributed by atoms with E-state index in [0.717, 1.165) is 18.2 Å². The Kier molecular flexibility index (Phi) is 3.66. The molecule has 1 aromatic rings. The predicted molar refractivity (Wildman–Crippen MR) is 58.0 cm³/mol. The van der Waals surface area contributed by atoms with Crippen molar-refractivity contribution in [3.05, 3.63) is 33.9 Å². The highest BCUT2D eigenvalue weighted by atomic mass is 16.6. The van der Waals surface area contributed by atoms with Crippen LogP contribution in [0.25, 0.3) is 6.08 Å². The summed E-state index contributed by atoms with van der Waals surface area (Å²) in [6.45, 7) is 0. The number of aromatic hydroxyl groups is 1. The van der Waals surface area contributed by atoms with Crippen LogP contribution in [0, 0.1) is 10.1 Å². The number of carboxylic acid groups (broad SMARTS) is 1. The van der Waals surface area contributed by atoms with Gasteiger partial charge in [0.15, 0.2) is 5.75 Å². The fraction of sp³-hybridized carbons (Fsp3) is 0.100. The molecule has 0 aliphatic rings. The first-order valence-electron chi connectivity index (χ1n) is 4.42. The number of ether oxygens (including phenoxy) is 1. The first kappa shape index (κ1) is 12.5. The lowest BCUT2D eigenvalue weighted by molar-refractivity contribution is -0.386. The highest BCUT2D eigenvalue weighted by molar-refractivity contribution is 5.85. The van der Waals surface area contributed by atoms with Gasteiger partial charge in [0.2, 0.25) is 5.75 Å². The molecule has 17 heavy (non-hydrogen) atoms. The predicted octanol–water partition coefficient (Wildman–Crippen LogP) is 1.41. The second-order valence-corrected chi connectivity index (χ2v) is 3.02. The molecule has 0 aromatic heterocycles. The van der Waals surface area contributed by atoms with Gasteiger partial charge in [-0.2, -0.15) is 0 Å². The van der Waals surface area contributed by atoms with Crippen molar-refractivity contribution in [1.82, 2.24) is 0 Å². The maximum atomic E-state index is 10.6. The number of phenols is 1. The lowest BCUT2D eigenvalue weighted by atomic mass is 10.1. The average molecular weight is 239 g/mol. The molecule has 0 saturated heterocycles.